The van der Waals surface area contributed by atoms with Crippen molar-refractivity contribution in [1.82, 2.24) is 9.80 Å². The molecule has 1 aromatic rings. The van der Waals surface area contributed by atoms with Crippen molar-refractivity contribution in [1.29, 1.82) is 0 Å². The molecule has 1 saturated heterocycles. The number of carbonyl (C=O) groups is 2. The predicted molar refractivity (Wildman–Crippen MR) is 91.7 cm³/mol. The molecule has 6 nitrogen and oxygen atoms in total. The summed E-state index contributed by atoms with van der Waals surface area (Å²) in [5.74, 6) is 0.0314. The van der Waals surface area contributed by atoms with E-state index in [1.165, 1.54) is 0 Å². The van der Waals surface area contributed by atoms with Crippen LogP contribution in [0.2, 0.25) is 0 Å². The summed E-state index contributed by atoms with van der Waals surface area (Å²) >= 11 is 0. The molecule has 1 amide bonds. The molecular formula is C18H26N2O4. The molecule has 1 fully saturated rings. The van der Waals surface area contributed by atoms with E-state index >= 15 is 0 Å². The first-order valence-corrected chi connectivity index (χ1v) is 8.20. The molecule has 0 radical (unpaired) electrons. The van der Waals surface area contributed by atoms with Gasteiger partial charge in [0.25, 0.3) is 5.91 Å². The van der Waals surface area contributed by atoms with E-state index in [9.17, 15) is 9.59 Å². The Morgan fingerprint density at radius 1 is 1.25 bits per heavy atom. The van der Waals surface area contributed by atoms with Gasteiger partial charge in [0.1, 0.15) is 5.75 Å². The summed E-state index contributed by atoms with van der Waals surface area (Å²) in [6.07, 6.45) is 1.59. The number of carbonyl (C=O) groups excluding carboxylic acids is 1. The minimum absolute atomic E-state index is 0.0307. The number of piperidine rings is 1. The molecule has 6 heteroatoms. The second kappa shape index (κ2) is 7.66. The number of ether oxygens (including phenoxy) is 1. The van der Waals surface area contributed by atoms with Gasteiger partial charge in [-0.1, -0.05) is 0 Å². The Hall–Kier alpha value is -2.08. The van der Waals surface area contributed by atoms with Crippen molar-refractivity contribution in [3.63, 3.8) is 0 Å². The van der Waals surface area contributed by atoms with Crippen LogP contribution in [0.15, 0.2) is 12.1 Å². The monoisotopic (exact) mass is 334 g/mol. The summed E-state index contributed by atoms with van der Waals surface area (Å²) in [6, 6.07) is 3.96. The normalized spacial score (nSPS) is 15.6. The molecule has 24 heavy (non-hydrogen) atoms. The average Bonchev–Trinajstić information content (AvgIpc) is 2.53. The zero-order valence-electron chi connectivity index (χ0n) is 14.8. The van der Waals surface area contributed by atoms with Crippen LogP contribution in [-0.4, -0.2) is 66.6 Å². The number of benzene rings is 1. The van der Waals surface area contributed by atoms with Crippen LogP contribution < -0.4 is 4.74 Å². The highest BCUT2D eigenvalue weighted by molar-refractivity contribution is 5.95. The van der Waals surface area contributed by atoms with Crippen molar-refractivity contribution in [2.45, 2.75) is 32.7 Å². The van der Waals surface area contributed by atoms with Gasteiger partial charge < -0.3 is 14.7 Å². The first-order chi connectivity index (χ1) is 11.3. The lowest BCUT2D eigenvalue weighted by Gasteiger charge is -2.36. The van der Waals surface area contributed by atoms with E-state index in [2.05, 4.69) is 0 Å². The lowest BCUT2D eigenvalue weighted by atomic mass is 10.0. The molecule has 0 unspecified atom stereocenters. The van der Waals surface area contributed by atoms with E-state index in [0.29, 0.717) is 18.7 Å². The number of carboxylic acid groups (broad SMARTS) is 1. The molecule has 0 aromatic heterocycles. The van der Waals surface area contributed by atoms with Gasteiger partial charge >= 0.3 is 5.97 Å². The highest BCUT2D eigenvalue weighted by Gasteiger charge is 2.27. The Labute approximate surface area is 143 Å². The van der Waals surface area contributed by atoms with Crippen molar-refractivity contribution in [3.8, 4) is 5.75 Å². The van der Waals surface area contributed by atoms with Crippen LogP contribution in [0.4, 0.5) is 0 Å². The molecule has 0 saturated carbocycles. The molecule has 1 aromatic carbocycles. The fourth-order valence-corrected chi connectivity index (χ4v) is 3.43. The Balaban J connectivity index is 2.02. The average molecular weight is 334 g/mol. The van der Waals surface area contributed by atoms with Gasteiger partial charge in [0.2, 0.25) is 0 Å². The third-order valence-corrected chi connectivity index (χ3v) is 4.67. The van der Waals surface area contributed by atoms with Gasteiger partial charge in [-0.25, -0.2) is 0 Å². The minimum atomic E-state index is -0.819. The van der Waals surface area contributed by atoms with Gasteiger partial charge in [0, 0.05) is 24.7 Å². The van der Waals surface area contributed by atoms with Gasteiger partial charge in [0.05, 0.1) is 13.7 Å². The molecule has 1 N–H and O–H groups in total. The molecule has 0 bridgehead atoms. The van der Waals surface area contributed by atoms with Crippen LogP contribution in [-0.2, 0) is 4.79 Å². The number of methoxy groups -OCH3 is 1. The second-order valence-electron chi connectivity index (χ2n) is 6.48. The largest absolute Gasteiger partial charge is 0.496 e. The standard InChI is InChI=1S/C18H26N2O4/c1-12-9-14(10-13(2)17(12)24-4)18(23)20-7-5-15(6-8-20)19(3)11-16(21)22/h9-10,15H,5-8,11H2,1-4H3,(H,21,22). The molecule has 0 atom stereocenters. The number of aryl methyl sites for hydroxylation is 2. The van der Waals surface area contributed by atoms with Crippen LogP contribution >= 0.6 is 0 Å². The predicted octanol–water partition coefficient (Wildman–Crippen LogP) is 1.93. The first kappa shape index (κ1) is 18.3. The summed E-state index contributed by atoms with van der Waals surface area (Å²) in [5.41, 5.74) is 2.59. The Kier molecular flexibility index (Phi) is 5.83. The number of hydrogen-bond acceptors (Lipinski definition) is 4. The number of nitrogens with zero attached hydrogens (tertiary/aromatic N) is 2. The number of aliphatic carboxylic acids is 1. The van der Waals surface area contributed by atoms with Gasteiger partial charge in [-0.15, -0.1) is 0 Å². The lowest BCUT2D eigenvalue weighted by Crippen LogP contribution is -2.46. The third kappa shape index (κ3) is 4.06. The molecule has 2 rings (SSSR count). The molecule has 0 spiro atoms. The molecule has 1 heterocycles. The maximum Gasteiger partial charge on any atom is 0.317 e. The number of carboxylic acids is 1. The molecule has 132 valence electrons. The fraction of sp³-hybridized carbons (Fsp3) is 0.556. The summed E-state index contributed by atoms with van der Waals surface area (Å²) in [6.45, 7) is 5.22. The maximum atomic E-state index is 12.7. The zero-order chi connectivity index (χ0) is 17.9. The van der Waals surface area contributed by atoms with Crippen molar-refractivity contribution in [2.24, 2.45) is 0 Å². The van der Waals surface area contributed by atoms with Crippen LogP contribution in [0, 0.1) is 13.8 Å². The Morgan fingerprint density at radius 2 is 1.79 bits per heavy atom. The summed E-state index contributed by atoms with van der Waals surface area (Å²) < 4.78 is 5.35. The number of likely N-dealkylation sites (N-methyl/N-ethyl adjacent to an activating group) is 1. The van der Waals surface area contributed by atoms with Gasteiger partial charge in [-0.2, -0.15) is 0 Å². The van der Waals surface area contributed by atoms with Crippen molar-refractivity contribution < 1.29 is 19.4 Å². The number of likely N-dealkylation sites (tertiary alicyclic amines) is 1. The number of hydrogen-bond donors (Lipinski definition) is 1. The lowest BCUT2D eigenvalue weighted by molar-refractivity contribution is -0.138. The van der Waals surface area contributed by atoms with E-state index in [4.69, 9.17) is 9.84 Å². The van der Waals surface area contributed by atoms with Gasteiger partial charge in [0.15, 0.2) is 0 Å². The van der Waals surface area contributed by atoms with Crippen molar-refractivity contribution in [2.75, 3.05) is 33.8 Å². The molecule has 1 aliphatic rings. The highest BCUT2D eigenvalue weighted by Crippen LogP contribution is 2.26. The van der Waals surface area contributed by atoms with Gasteiger partial charge in [-0.05, 0) is 57.0 Å². The Morgan fingerprint density at radius 3 is 2.25 bits per heavy atom. The van der Waals surface area contributed by atoms with E-state index < -0.39 is 5.97 Å². The summed E-state index contributed by atoms with van der Waals surface area (Å²) in [4.78, 5) is 27.3. The maximum absolute atomic E-state index is 12.7. The number of rotatable bonds is 5. The van der Waals surface area contributed by atoms with E-state index in [1.54, 1.807) is 7.11 Å². The number of amides is 1. The highest BCUT2D eigenvalue weighted by atomic mass is 16.5. The van der Waals surface area contributed by atoms with Crippen LogP contribution in [0.25, 0.3) is 0 Å². The van der Waals surface area contributed by atoms with Crippen LogP contribution in [0.5, 0.6) is 5.75 Å². The van der Waals surface area contributed by atoms with Crippen molar-refractivity contribution in [3.05, 3.63) is 28.8 Å². The van der Waals surface area contributed by atoms with Crippen molar-refractivity contribution >= 4 is 11.9 Å². The summed E-state index contributed by atoms with van der Waals surface area (Å²) in [7, 11) is 3.46. The Bertz CT molecular complexity index is 598. The fourth-order valence-electron chi connectivity index (χ4n) is 3.43. The quantitative estimate of drug-likeness (QED) is 0.891. The van der Waals surface area contributed by atoms with E-state index in [-0.39, 0.29) is 18.5 Å². The van der Waals surface area contributed by atoms with Crippen LogP contribution in [0.1, 0.15) is 34.3 Å². The third-order valence-electron chi connectivity index (χ3n) is 4.67. The molecular weight excluding hydrogens is 308 g/mol. The minimum Gasteiger partial charge on any atom is -0.496 e. The summed E-state index contributed by atoms with van der Waals surface area (Å²) in [5, 5.41) is 8.88. The molecule has 0 aliphatic carbocycles. The first-order valence-electron chi connectivity index (χ1n) is 8.20. The van der Waals surface area contributed by atoms with E-state index in [1.807, 2.05) is 42.8 Å². The van der Waals surface area contributed by atoms with Gasteiger partial charge in [-0.3, -0.25) is 14.5 Å². The second-order valence-corrected chi connectivity index (χ2v) is 6.48. The zero-order valence-corrected chi connectivity index (χ0v) is 14.8. The molecule has 1 aliphatic heterocycles. The topological polar surface area (TPSA) is 70.1 Å². The SMILES string of the molecule is COc1c(C)cc(C(=O)N2CCC(N(C)CC(=O)O)CC2)cc1C. The smallest absolute Gasteiger partial charge is 0.317 e. The van der Waals surface area contributed by atoms with E-state index in [0.717, 1.165) is 29.7 Å². The van der Waals surface area contributed by atoms with Crippen LogP contribution in [0.3, 0.4) is 0 Å².